The van der Waals surface area contributed by atoms with E-state index in [9.17, 15) is 4.79 Å². The zero-order valence-corrected chi connectivity index (χ0v) is 13.1. The summed E-state index contributed by atoms with van der Waals surface area (Å²) < 4.78 is 13.4. The first-order chi connectivity index (χ1) is 11.3. The third-order valence-electron chi connectivity index (χ3n) is 4.73. The number of aryl methyl sites for hydroxylation is 1. The molecule has 1 aromatic carbocycles. The van der Waals surface area contributed by atoms with Crippen LogP contribution >= 0.6 is 0 Å². The van der Waals surface area contributed by atoms with Gasteiger partial charge in [-0.3, -0.25) is 4.79 Å². The van der Waals surface area contributed by atoms with Gasteiger partial charge in [-0.1, -0.05) is 18.2 Å². The maximum atomic E-state index is 13.2. The lowest BCUT2D eigenvalue weighted by molar-refractivity contribution is -0.142. The van der Waals surface area contributed by atoms with Crippen LogP contribution in [0.5, 0.6) is 5.75 Å². The van der Waals surface area contributed by atoms with Gasteiger partial charge in [-0.05, 0) is 18.2 Å². The van der Waals surface area contributed by atoms with Crippen molar-refractivity contribution in [3.05, 3.63) is 53.9 Å². The van der Waals surface area contributed by atoms with Crippen molar-refractivity contribution >= 4 is 5.91 Å². The first kappa shape index (κ1) is 14.3. The first-order valence-corrected chi connectivity index (χ1v) is 7.97. The average molecular weight is 312 g/mol. The quantitative estimate of drug-likeness (QED) is 0.853. The van der Waals surface area contributed by atoms with Gasteiger partial charge in [0.2, 0.25) is 5.91 Å². The molecule has 23 heavy (non-hydrogen) atoms. The summed E-state index contributed by atoms with van der Waals surface area (Å²) in [6, 6.07) is 11.8. The Morgan fingerprint density at radius 3 is 2.87 bits per heavy atom. The number of aromatic nitrogens is 1. The van der Waals surface area contributed by atoms with Gasteiger partial charge in [0.15, 0.2) is 0 Å². The zero-order chi connectivity index (χ0) is 15.8. The Morgan fingerprint density at radius 1 is 1.17 bits per heavy atom. The van der Waals surface area contributed by atoms with Crippen LogP contribution in [0.25, 0.3) is 0 Å². The minimum Gasteiger partial charge on any atom is -0.492 e. The molecule has 0 bridgehead atoms. The van der Waals surface area contributed by atoms with Crippen LogP contribution in [-0.4, -0.2) is 41.7 Å². The Balaban J connectivity index is 1.63. The molecule has 5 nitrogen and oxygen atoms in total. The fraction of sp³-hybridized carbons (Fsp3) is 0.389. The predicted octanol–water partition coefficient (Wildman–Crippen LogP) is 2.10. The van der Waals surface area contributed by atoms with Crippen LogP contribution in [0.15, 0.2) is 42.6 Å². The van der Waals surface area contributed by atoms with E-state index in [1.165, 1.54) is 0 Å². The normalized spacial score (nSPS) is 23.4. The van der Waals surface area contributed by atoms with E-state index in [1.807, 2.05) is 48.5 Å². The summed E-state index contributed by atoms with van der Waals surface area (Å²) in [6.07, 6.45) is 2.00. The molecule has 4 rings (SSSR count). The number of morpholine rings is 1. The van der Waals surface area contributed by atoms with Crippen molar-refractivity contribution in [2.75, 3.05) is 26.4 Å². The SMILES string of the molecule is Cn1cccc1C1COCCN1C(=O)C1COc2ccccc21. The number of hydrogen-bond donors (Lipinski definition) is 0. The van der Waals surface area contributed by atoms with E-state index in [4.69, 9.17) is 9.47 Å². The Bertz CT molecular complexity index is 725. The van der Waals surface area contributed by atoms with Crippen molar-refractivity contribution in [1.29, 1.82) is 0 Å². The van der Waals surface area contributed by atoms with Crippen LogP contribution < -0.4 is 4.74 Å². The van der Waals surface area contributed by atoms with Crippen LogP contribution in [0.2, 0.25) is 0 Å². The third kappa shape index (κ3) is 2.41. The van der Waals surface area contributed by atoms with Crippen LogP contribution in [0.4, 0.5) is 0 Å². The lowest BCUT2D eigenvalue weighted by atomic mass is 9.98. The van der Waals surface area contributed by atoms with Gasteiger partial charge < -0.3 is 18.9 Å². The van der Waals surface area contributed by atoms with Crippen LogP contribution in [0.1, 0.15) is 23.2 Å². The highest BCUT2D eigenvalue weighted by Gasteiger charge is 2.38. The number of rotatable bonds is 2. The van der Waals surface area contributed by atoms with Gasteiger partial charge in [0.1, 0.15) is 18.3 Å². The summed E-state index contributed by atoms with van der Waals surface area (Å²) in [5.41, 5.74) is 2.10. The van der Waals surface area contributed by atoms with Gasteiger partial charge in [-0.25, -0.2) is 0 Å². The molecule has 0 N–H and O–H groups in total. The number of carbonyl (C=O) groups excluding carboxylic acids is 1. The molecule has 2 aromatic rings. The number of amides is 1. The van der Waals surface area contributed by atoms with Crippen molar-refractivity contribution in [2.45, 2.75) is 12.0 Å². The molecular formula is C18H20N2O3. The third-order valence-corrected chi connectivity index (χ3v) is 4.73. The van der Waals surface area contributed by atoms with E-state index in [0.717, 1.165) is 17.0 Å². The second kappa shape index (κ2) is 5.74. The molecule has 0 spiro atoms. The molecule has 0 aliphatic carbocycles. The van der Waals surface area contributed by atoms with E-state index in [-0.39, 0.29) is 17.9 Å². The smallest absolute Gasteiger partial charge is 0.234 e. The summed E-state index contributed by atoms with van der Waals surface area (Å²) in [7, 11) is 2.00. The van der Waals surface area contributed by atoms with Crippen LogP contribution in [0, 0.1) is 0 Å². The molecule has 1 amide bonds. The number of hydrogen-bond acceptors (Lipinski definition) is 3. The van der Waals surface area contributed by atoms with E-state index in [0.29, 0.717) is 26.4 Å². The molecule has 120 valence electrons. The Hall–Kier alpha value is -2.27. The lowest BCUT2D eigenvalue weighted by Crippen LogP contribution is -2.46. The summed E-state index contributed by atoms with van der Waals surface area (Å²) in [5, 5.41) is 0. The maximum absolute atomic E-state index is 13.2. The summed E-state index contributed by atoms with van der Waals surface area (Å²) >= 11 is 0. The Kier molecular flexibility index (Phi) is 3.58. The van der Waals surface area contributed by atoms with Gasteiger partial charge in [0.25, 0.3) is 0 Å². The molecule has 2 unspecified atom stereocenters. The molecule has 1 fully saturated rings. The minimum absolute atomic E-state index is 0.0380. The highest BCUT2D eigenvalue weighted by atomic mass is 16.5. The highest BCUT2D eigenvalue weighted by Crippen LogP contribution is 2.36. The minimum atomic E-state index is -0.216. The number of carbonyl (C=O) groups is 1. The van der Waals surface area contributed by atoms with E-state index in [2.05, 4.69) is 10.6 Å². The molecule has 2 atom stereocenters. The molecule has 2 aliphatic rings. The average Bonchev–Trinajstić information content (AvgIpc) is 3.20. The maximum Gasteiger partial charge on any atom is 0.234 e. The predicted molar refractivity (Wildman–Crippen MR) is 85.4 cm³/mol. The van der Waals surface area contributed by atoms with Gasteiger partial charge >= 0.3 is 0 Å². The lowest BCUT2D eigenvalue weighted by Gasteiger charge is -2.37. The first-order valence-electron chi connectivity index (χ1n) is 7.97. The Labute approximate surface area is 135 Å². The standard InChI is InChI=1S/C18H20N2O3/c1-19-8-4-6-15(19)16-12-22-10-9-20(16)18(21)14-11-23-17-7-3-2-5-13(14)17/h2-8,14,16H,9-12H2,1H3. The van der Waals surface area contributed by atoms with Crippen molar-refractivity contribution in [2.24, 2.45) is 7.05 Å². The molecule has 1 saturated heterocycles. The molecule has 0 radical (unpaired) electrons. The molecule has 2 aliphatic heterocycles. The van der Waals surface area contributed by atoms with Gasteiger partial charge in [0.05, 0.1) is 19.3 Å². The van der Waals surface area contributed by atoms with Crippen LogP contribution in [0.3, 0.4) is 0 Å². The van der Waals surface area contributed by atoms with Gasteiger partial charge in [-0.15, -0.1) is 0 Å². The van der Waals surface area contributed by atoms with Gasteiger partial charge in [-0.2, -0.15) is 0 Å². The van der Waals surface area contributed by atoms with Crippen molar-refractivity contribution in [1.82, 2.24) is 9.47 Å². The van der Waals surface area contributed by atoms with Crippen molar-refractivity contribution in [3.63, 3.8) is 0 Å². The van der Waals surface area contributed by atoms with E-state index < -0.39 is 0 Å². The number of para-hydroxylation sites is 1. The van der Waals surface area contributed by atoms with Crippen molar-refractivity contribution < 1.29 is 14.3 Å². The number of nitrogens with zero attached hydrogens (tertiary/aromatic N) is 2. The number of ether oxygens (including phenoxy) is 2. The molecule has 5 heteroatoms. The van der Waals surface area contributed by atoms with Crippen molar-refractivity contribution in [3.8, 4) is 5.75 Å². The molecule has 3 heterocycles. The molecule has 0 saturated carbocycles. The Morgan fingerprint density at radius 2 is 2.04 bits per heavy atom. The summed E-state index contributed by atoms with van der Waals surface area (Å²) in [6.45, 7) is 2.17. The number of benzene rings is 1. The van der Waals surface area contributed by atoms with Crippen LogP contribution in [-0.2, 0) is 16.6 Å². The monoisotopic (exact) mass is 312 g/mol. The number of fused-ring (bicyclic) bond motifs is 1. The fourth-order valence-corrected chi connectivity index (χ4v) is 3.50. The fourth-order valence-electron chi connectivity index (χ4n) is 3.50. The van der Waals surface area contributed by atoms with E-state index in [1.54, 1.807) is 0 Å². The zero-order valence-electron chi connectivity index (χ0n) is 13.1. The summed E-state index contributed by atoms with van der Waals surface area (Å²) in [4.78, 5) is 15.1. The van der Waals surface area contributed by atoms with Gasteiger partial charge in [0, 0.05) is 31.0 Å². The molecular weight excluding hydrogens is 292 g/mol. The summed E-state index contributed by atoms with van der Waals surface area (Å²) in [5.74, 6) is 0.742. The molecule has 1 aromatic heterocycles. The topological polar surface area (TPSA) is 43.7 Å². The highest BCUT2D eigenvalue weighted by molar-refractivity contribution is 5.86. The van der Waals surface area contributed by atoms with E-state index >= 15 is 0 Å². The largest absolute Gasteiger partial charge is 0.492 e. The second-order valence-electron chi connectivity index (χ2n) is 6.07. The second-order valence-corrected chi connectivity index (χ2v) is 6.07.